The number of halogens is 1. The molecule has 0 spiro atoms. The lowest BCUT2D eigenvalue weighted by molar-refractivity contribution is -0.741. The second kappa shape index (κ2) is 8.65. The predicted octanol–water partition coefficient (Wildman–Crippen LogP) is -0.550. The quantitative estimate of drug-likeness (QED) is 0.437. The summed E-state index contributed by atoms with van der Waals surface area (Å²) in [6.45, 7) is 2.45. The largest absolute Gasteiger partial charge is 1.00 e. The van der Waals surface area contributed by atoms with Crippen molar-refractivity contribution in [1.82, 2.24) is 5.10 Å². The molecule has 0 aliphatic carbocycles. The Hall–Kier alpha value is -2.22. The maximum Gasteiger partial charge on any atom is 0.267 e. The van der Waals surface area contributed by atoms with Gasteiger partial charge in [0.05, 0.1) is 18.2 Å². The van der Waals surface area contributed by atoms with Crippen LogP contribution in [0.3, 0.4) is 0 Å². The molecule has 2 aromatic carbocycles. The van der Waals surface area contributed by atoms with E-state index in [-0.39, 0.29) is 18.2 Å². The number of rotatable bonds is 6. The first-order valence-corrected chi connectivity index (χ1v) is 9.93. The third kappa shape index (κ3) is 4.74. The molecule has 0 aliphatic heterocycles. The summed E-state index contributed by atoms with van der Waals surface area (Å²) in [6.07, 6.45) is 0.379. The molecule has 0 atom stereocenters. The van der Waals surface area contributed by atoms with E-state index in [1.165, 1.54) is 12.7 Å². The fourth-order valence-electron chi connectivity index (χ4n) is 2.94. The fourth-order valence-corrected chi connectivity index (χ4v) is 3.59. The standard InChI is InChI=1S/C19H22N3O3S.ClH/c1-14-8-10-15(11-9-14)18-16-6-3-4-7-17(16)19(20)21-22(18)12-5-13-26(23,24)25-2;/h3-4,6-11H,5,12-13H2,1-2H3,(H2,20,21);1H/q+1;/p-1. The molecule has 0 bridgehead atoms. The average Bonchev–Trinajstić information content (AvgIpc) is 2.63. The molecule has 0 amide bonds. The number of fused-ring (bicyclic) bond motifs is 1. The van der Waals surface area contributed by atoms with Crippen LogP contribution < -0.4 is 22.8 Å². The summed E-state index contributed by atoms with van der Waals surface area (Å²) in [5.41, 5.74) is 9.23. The van der Waals surface area contributed by atoms with Crippen LogP contribution in [0, 0.1) is 6.92 Å². The summed E-state index contributed by atoms with van der Waals surface area (Å²) in [5.74, 6) is 0.351. The van der Waals surface area contributed by atoms with E-state index in [9.17, 15) is 8.42 Å². The number of aromatic nitrogens is 2. The highest BCUT2D eigenvalue weighted by atomic mass is 35.5. The zero-order valence-corrected chi connectivity index (χ0v) is 16.8. The summed E-state index contributed by atoms with van der Waals surface area (Å²) in [7, 11) is -2.32. The highest BCUT2D eigenvalue weighted by Crippen LogP contribution is 2.27. The minimum Gasteiger partial charge on any atom is -1.00 e. The van der Waals surface area contributed by atoms with E-state index >= 15 is 0 Å². The summed E-state index contributed by atoms with van der Waals surface area (Å²) in [4.78, 5) is 0. The molecule has 0 unspecified atom stereocenters. The summed E-state index contributed by atoms with van der Waals surface area (Å²) in [5, 5.41) is 6.37. The third-order valence-electron chi connectivity index (χ3n) is 4.29. The van der Waals surface area contributed by atoms with Crippen LogP contribution in [0.4, 0.5) is 5.82 Å². The Morgan fingerprint density at radius 1 is 1.07 bits per heavy atom. The molecule has 2 N–H and O–H groups in total. The van der Waals surface area contributed by atoms with Crippen molar-refractivity contribution in [3.63, 3.8) is 0 Å². The van der Waals surface area contributed by atoms with Crippen molar-refractivity contribution in [2.45, 2.75) is 19.9 Å². The first-order valence-electron chi connectivity index (χ1n) is 8.35. The minimum absolute atomic E-state index is 0. The maximum absolute atomic E-state index is 11.6. The van der Waals surface area contributed by atoms with Crippen LogP contribution in [0.5, 0.6) is 0 Å². The van der Waals surface area contributed by atoms with E-state index in [1.54, 1.807) is 4.68 Å². The number of nitrogen functional groups attached to an aromatic ring is 1. The van der Waals surface area contributed by atoms with Crippen molar-refractivity contribution in [1.29, 1.82) is 0 Å². The van der Waals surface area contributed by atoms with Gasteiger partial charge >= 0.3 is 0 Å². The van der Waals surface area contributed by atoms with E-state index in [0.717, 1.165) is 22.0 Å². The van der Waals surface area contributed by atoms with Crippen molar-refractivity contribution in [3.8, 4) is 11.3 Å². The van der Waals surface area contributed by atoms with Crippen LogP contribution in [0.25, 0.3) is 22.0 Å². The molecular weight excluding hydrogens is 386 g/mol. The highest BCUT2D eigenvalue weighted by Gasteiger charge is 2.22. The highest BCUT2D eigenvalue weighted by molar-refractivity contribution is 7.86. The van der Waals surface area contributed by atoms with E-state index in [1.807, 2.05) is 55.5 Å². The van der Waals surface area contributed by atoms with E-state index in [4.69, 9.17) is 5.73 Å². The van der Waals surface area contributed by atoms with Crippen molar-refractivity contribution >= 4 is 26.7 Å². The normalized spacial score (nSPS) is 11.3. The number of nitrogens with two attached hydrogens (primary N) is 1. The zero-order valence-electron chi connectivity index (χ0n) is 15.2. The van der Waals surface area contributed by atoms with E-state index in [2.05, 4.69) is 9.28 Å². The van der Waals surface area contributed by atoms with Gasteiger partial charge < -0.3 is 18.1 Å². The van der Waals surface area contributed by atoms with Gasteiger partial charge in [0.25, 0.3) is 10.1 Å². The van der Waals surface area contributed by atoms with Gasteiger partial charge in [0.1, 0.15) is 0 Å². The molecule has 6 nitrogen and oxygen atoms in total. The minimum atomic E-state index is -3.50. The Kier molecular flexibility index (Phi) is 6.75. The first kappa shape index (κ1) is 21.1. The number of aryl methyl sites for hydroxylation is 2. The lowest BCUT2D eigenvalue weighted by Crippen LogP contribution is -3.00. The van der Waals surface area contributed by atoms with Gasteiger partial charge in [-0.05, 0) is 25.1 Å². The Labute approximate surface area is 165 Å². The van der Waals surface area contributed by atoms with Crippen LogP contribution in [-0.2, 0) is 20.8 Å². The monoisotopic (exact) mass is 407 g/mol. The Morgan fingerprint density at radius 3 is 2.33 bits per heavy atom. The summed E-state index contributed by atoms with van der Waals surface area (Å²) < 4.78 is 29.5. The number of hydrogen-bond acceptors (Lipinski definition) is 5. The number of benzene rings is 2. The topological polar surface area (TPSA) is 86.2 Å². The van der Waals surface area contributed by atoms with Crippen molar-refractivity contribution < 1.29 is 29.7 Å². The number of hydrogen-bond donors (Lipinski definition) is 1. The molecule has 144 valence electrons. The second-order valence-electron chi connectivity index (χ2n) is 6.15. The molecule has 0 saturated carbocycles. The van der Waals surface area contributed by atoms with Gasteiger partial charge in [-0.3, -0.25) is 4.18 Å². The zero-order chi connectivity index (χ0) is 18.7. The molecule has 1 heterocycles. The van der Waals surface area contributed by atoms with Crippen LogP contribution in [0.15, 0.2) is 48.5 Å². The third-order valence-corrected chi connectivity index (χ3v) is 5.58. The molecule has 0 aliphatic rings. The lowest BCUT2D eigenvalue weighted by Gasteiger charge is -2.08. The SMILES string of the molecule is COS(=O)(=O)CCC[n+]1nc(N)c2ccccc2c1-c1ccc(C)cc1.[Cl-]. The van der Waals surface area contributed by atoms with Crippen LogP contribution >= 0.6 is 0 Å². The van der Waals surface area contributed by atoms with Gasteiger partial charge in [0.15, 0.2) is 12.4 Å². The van der Waals surface area contributed by atoms with Gasteiger partial charge in [-0.2, -0.15) is 8.42 Å². The Morgan fingerprint density at radius 2 is 1.70 bits per heavy atom. The molecule has 3 aromatic rings. The van der Waals surface area contributed by atoms with E-state index in [0.29, 0.717) is 18.8 Å². The molecule has 8 heteroatoms. The Bertz CT molecular complexity index is 1040. The van der Waals surface area contributed by atoms with Gasteiger partial charge in [0.2, 0.25) is 5.69 Å². The summed E-state index contributed by atoms with van der Waals surface area (Å²) in [6, 6.07) is 16.0. The molecule has 0 saturated heterocycles. The van der Waals surface area contributed by atoms with Crippen LogP contribution in [-0.4, -0.2) is 26.4 Å². The van der Waals surface area contributed by atoms with Gasteiger partial charge in [0, 0.05) is 22.5 Å². The van der Waals surface area contributed by atoms with E-state index < -0.39 is 10.1 Å². The number of anilines is 1. The lowest BCUT2D eigenvalue weighted by atomic mass is 10.0. The summed E-state index contributed by atoms with van der Waals surface area (Å²) >= 11 is 0. The molecule has 0 fully saturated rings. The maximum atomic E-state index is 11.6. The van der Waals surface area contributed by atoms with Crippen molar-refractivity contribution in [2.24, 2.45) is 0 Å². The van der Waals surface area contributed by atoms with Gasteiger partial charge in [-0.25, -0.2) is 0 Å². The Balaban J connectivity index is 0.00000261. The van der Waals surface area contributed by atoms with Gasteiger partial charge in [-0.1, -0.05) is 40.6 Å². The first-order chi connectivity index (χ1) is 12.4. The molecular formula is C19H22ClN3O3S. The molecule has 27 heavy (non-hydrogen) atoms. The van der Waals surface area contributed by atoms with Crippen molar-refractivity contribution in [3.05, 3.63) is 54.1 Å². The average molecular weight is 408 g/mol. The smallest absolute Gasteiger partial charge is 0.267 e. The second-order valence-corrected chi connectivity index (χ2v) is 8.01. The predicted molar refractivity (Wildman–Crippen MR) is 102 cm³/mol. The molecule has 1 aromatic heterocycles. The van der Waals surface area contributed by atoms with Crippen LogP contribution in [0.1, 0.15) is 12.0 Å². The van der Waals surface area contributed by atoms with Crippen LogP contribution in [0.2, 0.25) is 0 Å². The molecule has 3 rings (SSSR count). The molecule has 0 radical (unpaired) electrons. The number of nitrogens with zero attached hydrogens (tertiary/aromatic N) is 2. The van der Waals surface area contributed by atoms with Crippen molar-refractivity contribution in [2.75, 3.05) is 18.6 Å². The fraction of sp³-hybridized carbons (Fsp3) is 0.263. The van der Waals surface area contributed by atoms with Gasteiger partial charge in [-0.15, -0.1) is 0 Å².